The number of aliphatic hydroxyl groups is 1. The number of nitrogens with one attached hydrogen (secondary N) is 1. The number of nitrogens with zero attached hydrogens (tertiary/aromatic N) is 1. The summed E-state index contributed by atoms with van der Waals surface area (Å²) in [6.45, 7) is 2.16. The molecule has 0 radical (unpaired) electrons. The molecule has 2 N–H and O–H groups in total. The predicted molar refractivity (Wildman–Crippen MR) is 72.1 cm³/mol. The first-order valence-corrected chi connectivity index (χ1v) is 6.28. The predicted octanol–water partition coefficient (Wildman–Crippen LogP) is 1.40. The van der Waals surface area contributed by atoms with E-state index in [9.17, 15) is 14.7 Å². The second-order valence-electron chi connectivity index (χ2n) is 4.36. The maximum atomic E-state index is 11.5. The van der Waals surface area contributed by atoms with Crippen molar-refractivity contribution in [1.82, 2.24) is 0 Å². The van der Waals surface area contributed by atoms with Crippen LogP contribution < -0.4 is 10.2 Å². The second-order valence-corrected chi connectivity index (χ2v) is 5.22. The normalized spacial score (nSPS) is 15.3. The van der Waals surface area contributed by atoms with Crippen LogP contribution in [0.3, 0.4) is 0 Å². The van der Waals surface area contributed by atoms with Gasteiger partial charge < -0.3 is 15.3 Å². The third kappa shape index (κ3) is 2.26. The molecule has 0 bridgehead atoms. The third-order valence-electron chi connectivity index (χ3n) is 2.74. The molecule has 1 aromatic carbocycles. The van der Waals surface area contributed by atoms with Crippen molar-refractivity contribution in [3.8, 4) is 0 Å². The molecule has 2 rings (SSSR count). The molecule has 96 valence electrons. The summed E-state index contributed by atoms with van der Waals surface area (Å²) in [7, 11) is 1.83. The highest BCUT2D eigenvalue weighted by Gasteiger charge is 2.29. The Morgan fingerprint density at radius 3 is 2.72 bits per heavy atom. The van der Waals surface area contributed by atoms with Crippen molar-refractivity contribution < 1.29 is 14.7 Å². The third-order valence-corrected chi connectivity index (χ3v) is 3.37. The Labute approximate surface area is 113 Å². The van der Waals surface area contributed by atoms with Gasteiger partial charge in [-0.25, -0.2) is 0 Å². The van der Waals surface area contributed by atoms with Crippen LogP contribution in [-0.4, -0.2) is 36.5 Å². The molecule has 0 saturated carbocycles. The van der Waals surface area contributed by atoms with Crippen molar-refractivity contribution in [3.63, 3.8) is 0 Å². The monoisotopic (exact) mass is 312 g/mol. The molecule has 1 unspecified atom stereocenters. The Kier molecular flexibility index (Phi) is 3.41. The number of amides is 1. The first-order valence-electron chi connectivity index (χ1n) is 5.48. The van der Waals surface area contributed by atoms with Gasteiger partial charge in [0.05, 0.1) is 23.0 Å². The van der Waals surface area contributed by atoms with Crippen LogP contribution in [0.5, 0.6) is 0 Å². The number of hydrogen-bond donors (Lipinski definition) is 2. The first-order chi connectivity index (χ1) is 8.40. The molecule has 0 spiro atoms. The number of aliphatic hydroxyl groups excluding tert-OH is 1. The van der Waals surface area contributed by atoms with Crippen molar-refractivity contribution in [3.05, 3.63) is 22.2 Å². The van der Waals surface area contributed by atoms with E-state index in [1.165, 1.54) is 0 Å². The number of ketones is 1. The number of hydrogen-bond acceptors (Lipinski definition) is 4. The van der Waals surface area contributed by atoms with Crippen molar-refractivity contribution in [2.45, 2.75) is 13.0 Å². The standard InChI is InChI=1S/C12H13BrN2O3/c1-6(16)5-15(2)10-4-9-7(3-8(10)13)11(17)12(18)14-9/h3-4,6,16H,5H2,1-2H3,(H,14,17,18). The van der Waals surface area contributed by atoms with Gasteiger partial charge in [-0.3, -0.25) is 9.59 Å². The summed E-state index contributed by atoms with van der Waals surface area (Å²) in [4.78, 5) is 24.6. The highest BCUT2D eigenvalue weighted by Crippen LogP contribution is 2.34. The minimum atomic E-state index is -0.604. The van der Waals surface area contributed by atoms with Gasteiger partial charge in [-0.15, -0.1) is 0 Å². The molecule has 0 aromatic heterocycles. The van der Waals surface area contributed by atoms with Gasteiger partial charge in [0.25, 0.3) is 11.7 Å². The maximum Gasteiger partial charge on any atom is 0.296 e. The lowest BCUT2D eigenvalue weighted by atomic mass is 10.1. The highest BCUT2D eigenvalue weighted by molar-refractivity contribution is 9.10. The molecule has 1 atom stereocenters. The molecule has 5 nitrogen and oxygen atoms in total. The van der Waals surface area contributed by atoms with E-state index >= 15 is 0 Å². The fraction of sp³-hybridized carbons (Fsp3) is 0.333. The Hall–Kier alpha value is -1.40. The van der Waals surface area contributed by atoms with Crippen LogP contribution in [0, 0.1) is 0 Å². The molecule has 6 heteroatoms. The zero-order chi connectivity index (χ0) is 13.4. The number of carbonyl (C=O) groups is 2. The fourth-order valence-corrected chi connectivity index (χ4v) is 2.59. The largest absolute Gasteiger partial charge is 0.392 e. The van der Waals surface area contributed by atoms with Crippen LogP contribution in [0.2, 0.25) is 0 Å². The molecule has 1 heterocycles. The molecule has 0 aliphatic carbocycles. The van der Waals surface area contributed by atoms with Gasteiger partial charge in [0.2, 0.25) is 0 Å². The summed E-state index contributed by atoms with van der Waals surface area (Å²) in [5.74, 6) is -1.12. The van der Waals surface area contributed by atoms with E-state index in [1.807, 2.05) is 11.9 Å². The van der Waals surface area contributed by atoms with Crippen LogP contribution >= 0.6 is 15.9 Å². The van der Waals surface area contributed by atoms with Gasteiger partial charge in [-0.05, 0) is 35.0 Å². The number of rotatable bonds is 3. The topological polar surface area (TPSA) is 69.6 Å². The van der Waals surface area contributed by atoms with Gasteiger partial charge in [0.15, 0.2) is 0 Å². The van der Waals surface area contributed by atoms with Crippen LogP contribution in [0.1, 0.15) is 17.3 Å². The van der Waals surface area contributed by atoms with Crippen molar-refractivity contribution in [2.24, 2.45) is 0 Å². The van der Waals surface area contributed by atoms with Crippen LogP contribution in [0.25, 0.3) is 0 Å². The minimum absolute atomic E-state index is 0.376. The SMILES string of the molecule is CC(O)CN(C)c1cc2c(cc1Br)C(=O)C(=O)N2. The number of carbonyl (C=O) groups excluding carboxylic acids is 2. The van der Waals surface area contributed by atoms with E-state index in [0.717, 1.165) is 5.69 Å². The van der Waals surface area contributed by atoms with Crippen LogP contribution in [-0.2, 0) is 4.79 Å². The number of likely N-dealkylation sites (N-methyl/N-ethyl adjacent to an activating group) is 1. The van der Waals surface area contributed by atoms with Gasteiger partial charge in [0.1, 0.15) is 0 Å². The fourth-order valence-electron chi connectivity index (χ4n) is 1.94. The number of Topliss-reactive ketones (excluding diaryl/α,β-unsaturated/α-hetero) is 1. The molecule has 1 aliphatic rings. The van der Waals surface area contributed by atoms with Crippen molar-refractivity contribution >= 4 is 39.0 Å². The van der Waals surface area contributed by atoms with E-state index in [1.54, 1.807) is 19.1 Å². The number of halogens is 1. The summed E-state index contributed by atoms with van der Waals surface area (Å²) < 4.78 is 0.717. The van der Waals surface area contributed by atoms with Crippen molar-refractivity contribution in [2.75, 3.05) is 23.8 Å². The molecular weight excluding hydrogens is 300 g/mol. The Balaban J connectivity index is 2.38. The van der Waals surface area contributed by atoms with E-state index in [0.29, 0.717) is 22.3 Å². The average Bonchev–Trinajstić information content (AvgIpc) is 2.53. The molecule has 1 amide bonds. The van der Waals surface area contributed by atoms with E-state index in [-0.39, 0.29) is 0 Å². The van der Waals surface area contributed by atoms with E-state index in [4.69, 9.17) is 0 Å². The number of anilines is 2. The second kappa shape index (κ2) is 4.70. The molecule has 1 aliphatic heterocycles. The number of benzene rings is 1. The zero-order valence-corrected chi connectivity index (χ0v) is 11.6. The Morgan fingerprint density at radius 1 is 1.44 bits per heavy atom. The van der Waals surface area contributed by atoms with E-state index < -0.39 is 17.8 Å². The first kappa shape index (κ1) is 13.0. The van der Waals surface area contributed by atoms with Crippen molar-refractivity contribution in [1.29, 1.82) is 0 Å². The maximum absolute atomic E-state index is 11.5. The lowest BCUT2D eigenvalue weighted by Crippen LogP contribution is -2.27. The molecule has 0 fully saturated rings. The average molecular weight is 313 g/mol. The van der Waals surface area contributed by atoms with Gasteiger partial charge in [-0.1, -0.05) is 0 Å². The summed E-state index contributed by atoms with van der Waals surface area (Å²) in [5.41, 5.74) is 1.70. The van der Waals surface area contributed by atoms with E-state index in [2.05, 4.69) is 21.2 Å². The molecular formula is C12H13BrN2O3. The van der Waals surface area contributed by atoms with Crippen LogP contribution in [0.15, 0.2) is 16.6 Å². The summed E-state index contributed by atoms with van der Waals surface area (Å²) >= 11 is 3.37. The highest BCUT2D eigenvalue weighted by atomic mass is 79.9. The summed E-state index contributed by atoms with van der Waals surface area (Å²) in [6.07, 6.45) is -0.466. The molecule has 18 heavy (non-hydrogen) atoms. The quantitative estimate of drug-likeness (QED) is 0.828. The van der Waals surface area contributed by atoms with Gasteiger partial charge >= 0.3 is 0 Å². The smallest absolute Gasteiger partial charge is 0.296 e. The Bertz CT molecular complexity index is 528. The number of fused-ring (bicyclic) bond motifs is 1. The Morgan fingerprint density at radius 2 is 2.11 bits per heavy atom. The van der Waals surface area contributed by atoms with Gasteiger partial charge in [-0.2, -0.15) is 0 Å². The molecule has 1 aromatic rings. The van der Waals surface area contributed by atoms with Crippen LogP contribution in [0.4, 0.5) is 11.4 Å². The molecule has 0 saturated heterocycles. The van der Waals surface area contributed by atoms with Gasteiger partial charge in [0, 0.05) is 18.1 Å². The lowest BCUT2D eigenvalue weighted by Gasteiger charge is -2.22. The zero-order valence-electron chi connectivity index (χ0n) is 10.0. The summed E-state index contributed by atoms with van der Waals surface area (Å²) in [6, 6.07) is 3.36. The summed E-state index contributed by atoms with van der Waals surface area (Å²) in [5, 5.41) is 11.9. The minimum Gasteiger partial charge on any atom is -0.392 e. The lowest BCUT2D eigenvalue weighted by molar-refractivity contribution is -0.112.